The van der Waals surface area contributed by atoms with Crippen molar-refractivity contribution in [2.45, 2.75) is 19.9 Å². The first-order chi connectivity index (χ1) is 12.6. The Hall–Kier alpha value is -3.48. The van der Waals surface area contributed by atoms with Crippen LogP contribution < -0.4 is 5.32 Å². The summed E-state index contributed by atoms with van der Waals surface area (Å²) < 4.78 is 7.36. The molecule has 0 saturated carbocycles. The van der Waals surface area contributed by atoms with Gasteiger partial charge in [-0.25, -0.2) is 4.98 Å². The van der Waals surface area contributed by atoms with Gasteiger partial charge in [0.05, 0.1) is 5.56 Å². The zero-order valence-electron chi connectivity index (χ0n) is 14.4. The molecule has 4 rings (SSSR count). The second kappa shape index (κ2) is 6.44. The number of benzene rings is 1. The molecule has 0 atom stereocenters. The minimum absolute atomic E-state index is 0.206. The molecule has 130 valence electrons. The molecule has 0 saturated heterocycles. The number of hydrogen-bond donors (Lipinski definition) is 1. The molecule has 0 unspecified atom stereocenters. The van der Waals surface area contributed by atoms with Gasteiger partial charge >= 0.3 is 0 Å². The lowest BCUT2D eigenvalue weighted by Gasteiger charge is -2.10. The lowest BCUT2D eigenvalue weighted by Crippen LogP contribution is -2.13. The lowest BCUT2D eigenvalue weighted by atomic mass is 10.1. The highest BCUT2D eigenvalue weighted by Gasteiger charge is 2.16. The Kier molecular flexibility index (Phi) is 3.96. The zero-order valence-corrected chi connectivity index (χ0v) is 14.4. The summed E-state index contributed by atoms with van der Waals surface area (Å²) >= 11 is 0. The Balaban J connectivity index is 1.63. The standard InChI is InChI=1S/C19H17N5O2/c1-12(2)24-11-20-23-18(24)15-7-5-9-17(21-15)22-19(25)14-10-26-16-8-4-3-6-13(14)16/h3-12H,1-2H3,(H,21,22,25). The maximum absolute atomic E-state index is 12.6. The molecule has 0 spiro atoms. The number of furan rings is 1. The molecule has 0 fully saturated rings. The molecule has 0 aliphatic rings. The number of hydrogen-bond acceptors (Lipinski definition) is 5. The van der Waals surface area contributed by atoms with Crippen LogP contribution in [0.1, 0.15) is 30.2 Å². The van der Waals surface area contributed by atoms with Crippen LogP contribution in [0.5, 0.6) is 0 Å². The van der Waals surface area contributed by atoms with Gasteiger partial charge in [0.25, 0.3) is 5.91 Å². The van der Waals surface area contributed by atoms with Gasteiger partial charge < -0.3 is 14.3 Å². The normalized spacial score (nSPS) is 11.2. The molecule has 0 aliphatic heterocycles. The highest BCUT2D eigenvalue weighted by molar-refractivity contribution is 6.11. The van der Waals surface area contributed by atoms with E-state index in [2.05, 4.69) is 20.5 Å². The molecule has 0 aliphatic carbocycles. The molecule has 3 aromatic heterocycles. The van der Waals surface area contributed by atoms with Crippen molar-refractivity contribution in [1.29, 1.82) is 0 Å². The van der Waals surface area contributed by atoms with E-state index < -0.39 is 0 Å². The highest BCUT2D eigenvalue weighted by atomic mass is 16.3. The molecule has 4 aromatic rings. The number of carbonyl (C=O) groups excluding carboxylic acids is 1. The minimum atomic E-state index is -0.273. The third-order valence-corrected chi connectivity index (χ3v) is 4.07. The van der Waals surface area contributed by atoms with Crippen LogP contribution in [-0.2, 0) is 0 Å². The van der Waals surface area contributed by atoms with Crippen molar-refractivity contribution in [1.82, 2.24) is 19.7 Å². The monoisotopic (exact) mass is 347 g/mol. The second-order valence-corrected chi connectivity index (χ2v) is 6.16. The molecule has 26 heavy (non-hydrogen) atoms. The summed E-state index contributed by atoms with van der Waals surface area (Å²) in [5, 5.41) is 11.7. The quantitative estimate of drug-likeness (QED) is 0.605. The van der Waals surface area contributed by atoms with Gasteiger partial charge in [0.2, 0.25) is 0 Å². The van der Waals surface area contributed by atoms with Crippen molar-refractivity contribution >= 4 is 22.7 Å². The first-order valence-corrected chi connectivity index (χ1v) is 8.28. The maximum atomic E-state index is 12.6. The fourth-order valence-electron chi connectivity index (χ4n) is 2.77. The summed E-state index contributed by atoms with van der Waals surface area (Å²) in [6.07, 6.45) is 3.13. The summed E-state index contributed by atoms with van der Waals surface area (Å²) in [6, 6.07) is 13.0. The number of para-hydroxylation sites is 1. The first-order valence-electron chi connectivity index (χ1n) is 8.28. The van der Waals surface area contributed by atoms with Gasteiger partial charge in [-0.3, -0.25) is 4.79 Å². The summed E-state index contributed by atoms with van der Waals surface area (Å²) in [5.74, 6) is 0.825. The summed E-state index contributed by atoms with van der Waals surface area (Å²) in [7, 11) is 0. The molecule has 1 amide bonds. The van der Waals surface area contributed by atoms with E-state index in [-0.39, 0.29) is 11.9 Å². The SMILES string of the molecule is CC(C)n1cnnc1-c1cccc(NC(=O)c2coc3ccccc23)n1. The van der Waals surface area contributed by atoms with Crippen molar-refractivity contribution < 1.29 is 9.21 Å². The van der Waals surface area contributed by atoms with Crippen LogP contribution in [0.2, 0.25) is 0 Å². The van der Waals surface area contributed by atoms with E-state index in [0.29, 0.717) is 28.5 Å². The van der Waals surface area contributed by atoms with E-state index in [4.69, 9.17) is 4.42 Å². The van der Waals surface area contributed by atoms with Crippen molar-refractivity contribution in [3.8, 4) is 11.5 Å². The third kappa shape index (κ3) is 2.83. The van der Waals surface area contributed by atoms with Gasteiger partial charge in [0.1, 0.15) is 29.7 Å². The van der Waals surface area contributed by atoms with Crippen molar-refractivity contribution in [2.75, 3.05) is 5.32 Å². The van der Waals surface area contributed by atoms with Gasteiger partial charge in [-0.2, -0.15) is 0 Å². The number of carbonyl (C=O) groups is 1. The zero-order chi connectivity index (χ0) is 18.1. The van der Waals surface area contributed by atoms with Crippen molar-refractivity contribution in [2.24, 2.45) is 0 Å². The minimum Gasteiger partial charge on any atom is -0.463 e. The van der Waals surface area contributed by atoms with Crippen molar-refractivity contribution in [3.05, 3.63) is 60.6 Å². The predicted molar refractivity (Wildman–Crippen MR) is 97.8 cm³/mol. The fraction of sp³-hybridized carbons (Fsp3) is 0.158. The smallest absolute Gasteiger partial charge is 0.260 e. The van der Waals surface area contributed by atoms with Crippen molar-refractivity contribution in [3.63, 3.8) is 0 Å². The van der Waals surface area contributed by atoms with Gasteiger partial charge in [0.15, 0.2) is 5.82 Å². The van der Waals surface area contributed by atoms with Crippen LogP contribution in [-0.4, -0.2) is 25.7 Å². The molecular weight excluding hydrogens is 330 g/mol. The van der Waals surface area contributed by atoms with Crippen LogP contribution >= 0.6 is 0 Å². The van der Waals surface area contributed by atoms with E-state index in [0.717, 1.165) is 5.39 Å². The fourth-order valence-corrected chi connectivity index (χ4v) is 2.77. The number of amides is 1. The van der Waals surface area contributed by atoms with E-state index in [1.807, 2.05) is 54.8 Å². The maximum Gasteiger partial charge on any atom is 0.260 e. The van der Waals surface area contributed by atoms with E-state index in [1.165, 1.54) is 6.26 Å². The van der Waals surface area contributed by atoms with Gasteiger partial charge in [-0.05, 0) is 32.0 Å². The summed E-state index contributed by atoms with van der Waals surface area (Å²) in [4.78, 5) is 17.1. The van der Waals surface area contributed by atoms with Crippen LogP contribution in [0.25, 0.3) is 22.5 Å². The number of nitrogens with zero attached hydrogens (tertiary/aromatic N) is 4. The Morgan fingerprint density at radius 1 is 1.15 bits per heavy atom. The topological polar surface area (TPSA) is 85.8 Å². The molecule has 0 radical (unpaired) electrons. The van der Waals surface area contributed by atoms with Crippen LogP contribution in [0, 0.1) is 0 Å². The predicted octanol–water partition coefficient (Wildman–Crippen LogP) is 3.92. The Bertz CT molecular complexity index is 1080. The Morgan fingerprint density at radius 2 is 2.00 bits per heavy atom. The molecular formula is C19H17N5O2. The Labute approximate surface area is 149 Å². The van der Waals surface area contributed by atoms with Crippen LogP contribution in [0.3, 0.4) is 0 Å². The number of pyridine rings is 1. The first kappa shape index (κ1) is 16.0. The van der Waals surface area contributed by atoms with E-state index in [1.54, 1.807) is 12.4 Å². The molecule has 7 nitrogen and oxygen atoms in total. The molecule has 1 N–H and O–H groups in total. The number of fused-ring (bicyclic) bond motifs is 1. The third-order valence-electron chi connectivity index (χ3n) is 4.07. The molecule has 7 heteroatoms. The molecule has 0 bridgehead atoms. The number of aromatic nitrogens is 4. The number of rotatable bonds is 4. The highest BCUT2D eigenvalue weighted by Crippen LogP contribution is 2.23. The second-order valence-electron chi connectivity index (χ2n) is 6.16. The van der Waals surface area contributed by atoms with Gasteiger partial charge in [0, 0.05) is 11.4 Å². The van der Waals surface area contributed by atoms with Crippen LogP contribution in [0.15, 0.2) is 59.5 Å². The lowest BCUT2D eigenvalue weighted by molar-refractivity contribution is 0.102. The molecule has 1 aromatic carbocycles. The summed E-state index contributed by atoms with van der Waals surface area (Å²) in [6.45, 7) is 4.09. The van der Waals surface area contributed by atoms with Crippen LogP contribution in [0.4, 0.5) is 5.82 Å². The average molecular weight is 347 g/mol. The van der Waals surface area contributed by atoms with E-state index >= 15 is 0 Å². The number of anilines is 1. The summed E-state index contributed by atoms with van der Waals surface area (Å²) in [5.41, 5.74) is 1.79. The Morgan fingerprint density at radius 3 is 2.85 bits per heavy atom. The van der Waals surface area contributed by atoms with Gasteiger partial charge in [-0.15, -0.1) is 10.2 Å². The van der Waals surface area contributed by atoms with E-state index in [9.17, 15) is 4.79 Å². The number of nitrogens with one attached hydrogen (secondary N) is 1. The average Bonchev–Trinajstić information content (AvgIpc) is 3.29. The largest absolute Gasteiger partial charge is 0.463 e. The van der Waals surface area contributed by atoms with Gasteiger partial charge in [-0.1, -0.05) is 24.3 Å². The molecule has 3 heterocycles.